The van der Waals surface area contributed by atoms with Gasteiger partial charge in [0.25, 0.3) is 11.4 Å². The fraction of sp³-hybridized carbons (Fsp3) is 0.263. The van der Waals surface area contributed by atoms with E-state index in [0.717, 1.165) is 26.4 Å². The normalized spacial score (nSPS) is 10.3. The zero-order valence-corrected chi connectivity index (χ0v) is 17.2. The van der Waals surface area contributed by atoms with Crippen molar-refractivity contribution in [3.05, 3.63) is 67.3 Å². The lowest BCUT2D eigenvalue weighted by molar-refractivity contribution is -0.385. The third-order valence-corrected chi connectivity index (χ3v) is 4.11. The number of methoxy groups -OCH3 is 2. The summed E-state index contributed by atoms with van der Waals surface area (Å²) in [4.78, 5) is 43.5. The SMILES string of the molecule is COC(=O)c1cc(OCCCOc2cc([N+](=O)[O-])c(C(=O)OC)cc2F)c(F)cc1[N+](=O)[O-]. The van der Waals surface area contributed by atoms with Crippen molar-refractivity contribution in [1.82, 2.24) is 0 Å². The van der Waals surface area contributed by atoms with Gasteiger partial charge in [0.2, 0.25) is 0 Å². The summed E-state index contributed by atoms with van der Waals surface area (Å²) in [7, 11) is 1.98. The summed E-state index contributed by atoms with van der Waals surface area (Å²) in [5.41, 5.74) is -2.64. The Hall–Kier alpha value is -4.36. The first-order chi connectivity index (χ1) is 15.6. The van der Waals surface area contributed by atoms with E-state index in [4.69, 9.17) is 9.47 Å². The predicted octanol–water partition coefficient (Wildman–Crippen LogP) is 3.20. The Balaban J connectivity index is 2.06. The van der Waals surface area contributed by atoms with Gasteiger partial charge in [0.15, 0.2) is 23.1 Å². The number of esters is 2. The van der Waals surface area contributed by atoms with Gasteiger partial charge in [-0.15, -0.1) is 0 Å². The number of carbonyl (C=O) groups is 2. The minimum absolute atomic E-state index is 0.0238. The highest BCUT2D eigenvalue weighted by Crippen LogP contribution is 2.30. The Labute approximate surface area is 183 Å². The number of carbonyl (C=O) groups excluding carboxylic acids is 2. The fourth-order valence-electron chi connectivity index (χ4n) is 2.58. The van der Waals surface area contributed by atoms with E-state index >= 15 is 0 Å². The minimum atomic E-state index is -1.10. The van der Waals surface area contributed by atoms with E-state index in [2.05, 4.69) is 9.47 Å². The molecule has 2 rings (SSSR count). The number of ether oxygens (including phenoxy) is 4. The fourth-order valence-corrected chi connectivity index (χ4v) is 2.58. The molecule has 0 amide bonds. The molecule has 2 aromatic rings. The average molecular weight is 470 g/mol. The monoisotopic (exact) mass is 470 g/mol. The largest absolute Gasteiger partial charge is 0.490 e. The molecule has 0 aliphatic rings. The highest BCUT2D eigenvalue weighted by Gasteiger charge is 2.26. The summed E-state index contributed by atoms with van der Waals surface area (Å²) in [5, 5.41) is 22.1. The van der Waals surface area contributed by atoms with Gasteiger partial charge in [-0.2, -0.15) is 0 Å². The average Bonchev–Trinajstić information content (AvgIpc) is 2.78. The highest BCUT2D eigenvalue weighted by atomic mass is 19.1. The van der Waals surface area contributed by atoms with Crippen LogP contribution in [0.25, 0.3) is 0 Å². The second-order valence-corrected chi connectivity index (χ2v) is 6.15. The van der Waals surface area contributed by atoms with Crippen LogP contribution in [0.1, 0.15) is 27.1 Å². The van der Waals surface area contributed by atoms with Gasteiger partial charge in [-0.25, -0.2) is 18.4 Å². The highest BCUT2D eigenvalue weighted by molar-refractivity contribution is 5.94. The molecule has 0 aliphatic heterocycles. The van der Waals surface area contributed by atoms with E-state index in [1.165, 1.54) is 0 Å². The van der Waals surface area contributed by atoms with E-state index in [1.807, 2.05) is 0 Å². The van der Waals surface area contributed by atoms with Gasteiger partial charge in [0.1, 0.15) is 11.1 Å². The maximum Gasteiger partial charge on any atom is 0.345 e. The van der Waals surface area contributed by atoms with Gasteiger partial charge in [0.05, 0.1) is 49.4 Å². The molecule has 14 heteroatoms. The number of halogens is 2. The molecule has 0 saturated carbocycles. The number of nitro groups is 2. The summed E-state index contributed by atoms with van der Waals surface area (Å²) in [6, 6.07) is 2.65. The third kappa shape index (κ3) is 5.87. The quantitative estimate of drug-likeness (QED) is 0.218. The molecule has 176 valence electrons. The molecule has 0 fully saturated rings. The first-order valence-corrected chi connectivity index (χ1v) is 8.98. The van der Waals surface area contributed by atoms with Crippen molar-refractivity contribution in [2.24, 2.45) is 0 Å². The molecule has 0 radical (unpaired) electrons. The molecule has 12 nitrogen and oxygen atoms in total. The lowest BCUT2D eigenvalue weighted by Crippen LogP contribution is -2.10. The van der Waals surface area contributed by atoms with E-state index in [9.17, 15) is 38.6 Å². The maximum atomic E-state index is 14.1. The van der Waals surface area contributed by atoms with Crippen molar-refractivity contribution in [3.63, 3.8) is 0 Å². The summed E-state index contributed by atoms with van der Waals surface area (Å²) >= 11 is 0. The Morgan fingerprint density at radius 1 is 0.788 bits per heavy atom. The Bertz CT molecular complexity index is 1110. The van der Waals surface area contributed by atoms with Gasteiger partial charge in [0, 0.05) is 12.5 Å². The third-order valence-electron chi connectivity index (χ3n) is 4.11. The van der Waals surface area contributed by atoms with Crippen LogP contribution in [0.3, 0.4) is 0 Å². The van der Waals surface area contributed by atoms with Crippen LogP contribution in [-0.4, -0.2) is 49.2 Å². The van der Waals surface area contributed by atoms with Crippen LogP contribution in [0.5, 0.6) is 11.5 Å². The van der Waals surface area contributed by atoms with E-state index in [-0.39, 0.29) is 19.6 Å². The lowest BCUT2D eigenvalue weighted by Gasteiger charge is -2.11. The summed E-state index contributed by atoms with van der Waals surface area (Å²) in [6.45, 7) is -0.455. The van der Waals surface area contributed by atoms with Gasteiger partial charge in [-0.3, -0.25) is 20.2 Å². The first-order valence-electron chi connectivity index (χ1n) is 8.98. The Morgan fingerprint density at radius 3 is 1.70 bits per heavy atom. The number of hydrogen-bond donors (Lipinski definition) is 0. The molecule has 33 heavy (non-hydrogen) atoms. The van der Waals surface area contributed by atoms with Crippen LogP contribution < -0.4 is 9.47 Å². The smallest absolute Gasteiger partial charge is 0.345 e. The number of benzene rings is 2. The zero-order valence-electron chi connectivity index (χ0n) is 17.2. The van der Waals surface area contributed by atoms with Crippen molar-refractivity contribution >= 4 is 23.3 Å². The van der Waals surface area contributed by atoms with E-state index in [1.54, 1.807) is 0 Å². The van der Waals surface area contributed by atoms with Gasteiger partial charge in [-0.05, 0) is 6.07 Å². The van der Waals surface area contributed by atoms with Crippen molar-refractivity contribution in [2.75, 3.05) is 27.4 Å². The van der Waals surface area contributed by atoms with Crippen LogP contribution in [0, 0.1) is 31.9 Å². The maximum absolute atomic E-state index is 14.1. The Morgan fingerprint density at radius 2 is 1.21 bits per heavy atom. The van der Waals surface area contributed by atoms with Crippen LogP contribution >= 0.6 is 0 Å². The van der Waals surface area contributed by atoms with Crippen LogP contribution in [0.15, 0.2) is 24.3 Å². The second kappa shape index (κ2) is 10.8. The predicted molar refractivity (Wildman–Crippen MR) is 104 cm³/mol. The number of nitro benzene ring substituents is 2. The minimum Gasteiger partial charge on any atom is -0.490 e. The van der Waals surface area contributed by atoms with Crippen LogP contribution in [0.4, 0.5) is 20.2 Å². The van der Waals surface area contributed by atoms with Gasteiger partial charge >= 0.3 is 11.9 Å². The van der Waals surface area contributed by atoms with Crippen molar-refractivity contribution < 1.29 is 47.2 Å². The topological polar surface area (TPSA) is 157 Å². The molecular formula is C19H16F2N2O10. The first kappa shape index (κ1) is 24.9. The van der Waals surface area contributed by atoms with Crippen LogP contribution in [-0.2, 0) is 9.47 Å². The number of rotatable bonds is 10. The number of hydrogen-bond acceptors (Lipinski definition) is 10. The molecule has 2 aromatic carbocycles. The van der Waals surface area contributed by atoms with Crippen LogP contribution in [0.2, 0.25) is 0 Å². The lowest BCUT2D eigenvalue weighted by atomic mass is 10.1. The molecular weight excluding hydrogens is 454 g/mol. The van der Waals surface area contributed by atoms with Gasteiger partial charge in [-0.1, -0.05) is 0 Å². The Kier molecular flexibility index (Phi) is 8.14. The van der Waals surface area contributed by atoms with Crippen molar-refractivity contribution in [1.29, 1.82) is 0 Å². The summed E-state index contributed by atoms with van der Waals surface area (Å²) in [6.07, 6.45) is 0.0238. The number of nitrogens with zero attached hydrogens (tertiary/aromatic N) is 2. The molecule has 0 unspecified atom stereocenters. The molecule has 0 bridgehead atoms. The molecule has 0 aliphatic carbocycles. The summed E-state index contributed by atoms with van der Waals surface area (Å²) < 4.78 is 47.3. The molecule has 0 atom stereocenters. The van der Waals surface area contributed by atoms with Crippen molar-refractivity contribution in [2.45, 2.75) is 6.42 Å². The molecule has 0 spiro atoms. The molecule has 0 N–H and O–H groups in total. The molecule has 0 heterocycles. The standard InChI is InChI=1S/C19H16F2N2O10/c1-30-18(24)10-6-12(20)17(9-15(10)23(28)29)33-5-3-4-32-16-7-11(19(25)31-2)14(22(26)27)8-13(16)21/h6-9H,3-5H2,1-2H3. The second-order valence-electron chi connectivity index (χ2n) is 6.15. The molecule has 0 saturated heterocycles. The van der Waals surface area contributed by atoms with Gasteiger partial charge < -0.3 is 18.9 Å². The summed E-state index contributed by atoms with van der Waals surface area (Å²) in [5.74, 6) is -5.30. The van der Waals surface area contributed by atoms with Crippen molar-refractivity contribution in [3.8, 4) is 11.5 Å². The van der Waals surface area contributed by atoms with E-state index in [0.29, 0.717) is 12.1 Å². The zero-order chi connectivity index (χ0) is 24.7. The molecule has 0 aromatic heterocycles. The van der Waals surface area contributed by atoms with E-state index < -0.39 is 67.4 Å².